The molecule has 0 unspecified atom stereocenters. The second kappa shape index (κ2) is 8.61. The van der Waals surface area contributed by atoms with E-state index in [0.717, 1.165) is 5.56 Å². The first kappa shape index (κ1) is 22.4. The van der Waals surface area contributed by atoms with E-state index in [-0.39, 0.29) is 11.5 Å². The standard InChI is InChI=1S/C22H22N2O7S/c1-22(2)30-18-17(16(25)20(24-23)32(26,27)15-11-7-4-8-12-15)29-21(19(18)31-22)28-13-14-9-5-3-6-10-14/h3-12,17-19,21H,13H2,1-2H3/p+1/b20-16-/t17-,18-,19+,21-/m1/s1. The van der Waals surface area contributed by atoms with Crippen LogP contribution in [0, 0.1) is 5.39 Å². The summed E-state index contributed by atoms with van der Waals surface area (Å²) in [5.74, 6) is -1.81. The van der Waals surface area contributed by atoms with Crippen molar-refractivity contribution in [2.45, 2.75) is 55.7 Å². The van der Waals surface area contributed by atoms with Crippen LogP contribution in [-0.4, -0.2) is 43.9 Å². The smallest absolute Gasteiger partial charge is 0.502 e. The van der Waals surface area contributed by atoms with Gasteiger partial charge in [-0.1, -0.05) is 48.5 Å². The van der Waals surface area contributed by atoms with Crippen molar-refractivity contribution in [1.82, 2.24) is 0 Å². The summed E-state index contributed by atoms with van der Waals surface area (Å²) in [5.41, 5.74) is 0.895. The maximum absolute atomic E-state index is 12.9. The van der Waals surface area contributed by atoms with Crippen LogP contribution < -0.4 is 0 Å². The molecular weight excluding hydrogens is 436 g/mol. The van der Waals surface area contributed by atoms with Gasteiger partial charge in [0.15, 0.2) is 23.2 Å². The van der Waals surface area contributed by atoms with Crippen molar-refractivity contribution in [1.29, 1.82) is 5.39 Å². The molecule has 1 N–H and O–H groups in total. The number of diazo groups is 1. The van der Waals surface area contributed by atoms with E-state index in [1.165, 1.54) is 24.3 Å². The lowest BCUT2D eigenvalue weighted by molar-refractivity contribution is -0.234. The Morgan fingerprint density at radius 1 is 1.06 bits per heavy atom. The summed E-state index contributed by atoms with van der Waals surface area (Å²) in [4.78, 5) is 2.73. The van der Waals surface area contributed by atoms with Crippen molar-refractivity contribution >= 4 is 9.84 Å². The largest absolute Gasteiger partial charge is 0.518 e. The minimum atomic E-state index is -4.32. The fourth-order valence-electron chi connectivity index (χ4n) is 3.74. The molecule has 2 aromatic rings. The zero-order valence-corrected chi connectivity index (χ0v) is 18.3. The Hall–Kier alpha value is -2.81. The Balaban J connectivity index is 1.64. The maximum atomic E-state index is 12.9. The molecule has 2 aliphatic rings. The van der Waals surface area contributed by atoms with Crippen LogP contribution in [-0.2, 0) is 35.4 Å². The minimum Gasteiger partial charge on any atom is -0.502 e. The quantitative estimate of drug-likeness (QED) is 0.515. The molecule has 2 heterocycles. The summed E-state index contributed by atoms with van der Waals surface area (Å²) in [6.07, 6.45) is -3.85. The number of fused-ring (bicyclic) bond motifs is 1. The molecule has 4 rings (SSSR count). The summed E-state index contributed by atoms with van der Waals surface area (Å²) < 4.78 is 49.3. The molecule has 0 aromatic heterocycles. The summed E-state index contributed by atoms with van der Waals surface area (Å²) in [5, 5.41) is 19.4. The second-order valence-corrected chi connectivity index (χ2v) is 9.76. The molecular formula is C22H23N2O7S+. The van der Waals surface area contributed by atoms with E-state index in [4.69, 9.17) is 18.9 Å². The number of rotatable bonds is 6. The first-order valence-electron chi connectivity index (χ1n) is 9.98. The predicted octanol–water partition coefficient (Wildman–Crippen LogP) is 3.50. The molecule has 4 atom stereocenters. The molecule has 168 valence electrons. The van der Waals surface area contributed by atoms with Gasteiger partial charge in [-0.15, -0.1) is 0 Å². The van der Waals surface area contributed by atoms with Crippen molar-refractivity contribution in [2.24, 2.45) is 0 Å². The van der Waals surface area contributed by atoms with E-state index in [0.29, 0.717) is 0 Å². The van der Waals surface area contributed by atoms with Gasteiger partial charge in [-0.2, -0.15) is 0 Å². The molecule has 2 saturated heterocycles. The Bertz CT molecular complexity index is 1140. The third kappa shape index (κ3) is 4.26. The normalized spacial score (nSPS) is 27.4. The van der Waals surface area contributed by atoms with Crippen molar-refractivity contribution in [3.8, 4) is 0 Å². The Morgan fingerprint density at radius 3 is 2.28 bits per heavy atom. The van der Waals surface area contributed by atoms with E-state index in [9.17, 15) is 18.9 Å². The zero-order valence-electron chi connectivity index (χ0n) is 17.5. The van der Waals surface area contributed by atoms with Gasteiger partial charge in [0.2, 0.25) is 11.2 Å². The fraction of sp³-hybridized carbons (Fsp3) is 0.364. The fourth-order valence-corrected chi connectivity index (χ4v) is 4.98. The van der Waals surface area contributed by atoms with E-state index < -0.39 is 51.0 Å². The van der Waals surface area contributed by atoms with Gasteiger partial charge in [-0.25, -0.2) is 8.42 Å². The van der Waals surface area contributed by atoms with Crippen LogP contribution in [0.1, 0.15) is 19.4 Å². The van der Waals surface area contributed by atoms with Crippen LogP contribution in [0.3, 0.4) is 0 Å². The molecule has 0 spiro atoms. The molecule has 32 heavy (non-hydrogen) atoms. The number of ether oxygens (including phenoxy) is 4. The predicted molar refractivity (Wildman–Crippen MR) is 112 cm³/mol. The number of nitrogens with zero attached hydrogens (tertiary/aromatic N) is 2. The van der Waals surface area contributed by atoms with E-state index in [1.807, 2.05) is 30.3 Å². The van der Waals surface area contributed by atoms with Crippen LogP contribution in [0.5, 0.6) is 0 Å². The molecule has 0 aliphatic carbocycles. The third-order valence-electron chi connectivity index (χ3n) is 5.16. The van der Waals surface area contributed by atoms with E-state index in [1.54, 1.807) is 19.9 Å². The van der Waals surface area contributed by atoms with Crippen LogP contribution in [0.2, 0.25) is 0 Å². The molecule has 0 amide bonds. The summed E-state index contributed by atoms with van der Waals surface area (Å²) in [6.45, 7) is 3.58. The number of sulfone groups is 1. The van der Waals surface area contributed by atoms with Crippen LogP contribution >= 0.6 is 0 Å². The molecule has 9 nitrogen and oxygen atoms in total. The summed E-state index contributed by atoms with van der Waals surface area (Å²) in [7, 11) is -4.32. The van der Waals surface area contributed by atoms with Crippen molar-refractivity contribution in [2.75, 3.05) is 0 Å². The average molecular weight is 460 g/mol. The molecule has 10 heteroatoms. The molecule has 0 bridgehead atoms. The van der Waals surface area contributed by atoms with Crippen LogP contribution in [0.25, 0.3) is 4.98 Å². The van der Waals surface area contributed by atoms with Gasteiger partial charge in [-0.05, 0) is 31.5 Å². The van der Waals surface area contributed by atoms with Crippen LogP contribution in [0.4, 0.5) is 0 Å². The third-order valence-corrected chi connectivity index (χ3v) is 6.85. The van der Waals surface area contributed by atoms with Crippen molar-refractivity contribution < 1.29 is 32.5 Å². The molecule has 0 radical (unpaired) electrons. The first-order valence-corrected chi connectivity index (χ1v) is 11.5. The van der Waals surface area contributed by atoms with Gasteiger partial charge in [-0.3, -0.25) is 0 Å². The van der Waals surface area contributed by atoms with Gasteiger partial charge >= 0.3 is 5.03 Å². The number of hydrogen-bond acceptors (Lipinski definition) is 8. The first-order chi connectivity index (χ1) is 15.2. The maximum Gasteiger partial charge on any atom is 0.518 e. The number of benzene rings is 2. The molecule has 2 aliphatic heterocycles. The van der Waals surface area contributed by atoms with Gasteiger partial charge in [0, 0.05) is 0 Å². The molecule has 0 saturated carbocycles. The SMILES string of the molecule is CC1(C)O[C@@H]2[C@H](OCc3ccccc3)O[C@H](/C(O)=C(\[N+]#N)S(=O)(=O)c3ccccc3)[C@H]2O1. The highest BCUT2D eigenvalue weighted by Crippen LogP contribution is 2.42. The summed E-state index contributed by atoms with van der Waals surface area (Å²) >= 11 is 0. The van der Waals surface area contributed by atoms with Crippen molar-refractivity contribution in [3.63, 3.8) is 0 Å². The Morgan fingerprint density at radius 2 is 1.66 bits per heavy atom. The topological polar surface area (TPSA) is 119 Å². The number of aliphatic hydroxyl groups excluding tert-OH is 1. The Kier molecular flexibility index (Phi) is 6.03. The second-order valence-electron chi connectivity index (χ2n) is 7.89. The van der Waals surface area contributed by atoms with E-state index >= 15 is 0 Å². The minimum absolute atomic E-state index is 0.144. The highest BCUT2D eigenvalue weighted by Gasteiger charge is 2.59. The lowest BCUT2D eigenvalue weighted by Gasteiger charge is -2.23. The molecule has 2 aromatic carbocycles. The molecule has 2 fully saturated rings. The Labute approximate surface area is 185 Å². The lowest BCUT2D eigenvalue weighted by atomic mass is 10.1. The van der Waals surface area contributed by atoms with Gasteiger partial charge in [0.1, 0.15) is 12.2 Å². The van der Waals surface area contributed by atoms with E-state index in [2.05, 4.69) is 4.98 Å². The van der Waals surface area contributed by atoms with Crippen LogP contribution in [0.15, 0.2) is 76.3 Å². The summed E-state index contributed by atoms with van der Waals surface area (Å²) in [6, 6.07) is 16.7. The lowest BCUT2D eigenvalue weighted by Crippen LogP contribution is -2.32. The highest BCUT2D eigenvalue weighted by molar-refractivity contribution is 7.95. The number of aliphatic hydroxyl groups is 1. The zero-order chi connectivity index (χ0) is 22.9. The van der Waals surface area contributed by atoms with Gasteiger partial charge < -0.3 is 24.1 Å². The van der Waals surface area contributed by atoms with Gasteiger partial charge in [0.25, 0.3) is 9.84 Å². The highest BCUT2D eigenvalue weighted by atomic mass is 32.2. The number of hydrogen-bond donors (Lipinski definition) is 1. The average Bonchev–Trinajstić information content (AvgIpc) is 3.26. The van der Waals surface area contributed by atoms with Crippen molar-refractivity contribution in [3.05, 3.63) is 82.0 Å². The van der Waals surface area contributed by atoms with Gasteiger partial charge in [0.05, 0.1) is 11.5 Å². The monoisotopic (exact) mass is 459 g/mol.